The molecule has 202 valence electrons. The van der Waals surface area contributed by atoms with Gasteiger partial charge in [0.2, 0.25) is 10.0 Å². The van der Waals surface area contributed by atoms with Crippen molar-refractivity contribution in [3.8, 4) is 11.5 Å². The normalized spacial score (nSPS) is 12.6. The van der Waals surface area contributed by atoms with E-state index in [0.717, 1.165) is 63.7 Å². The Hall–Kier alpha value is -2.21. The molecule has 9 nitrogen and oxygen atoms in total. The fourth-order valence-corrected chi connectivity index (χ4v) is 4.59. The maximum absolute atomic E-state index is 11.7. The molecule has 0 aliphatic rings. The molecule has 0 amide bonds. The van der Waals surface area contributed by atoms with Crippen molar-refractivity contribution in [2.45, 2.75) is 62.6 Å². The Kier molecular flexibility index (Phi) is 13.2. The first-order valence-electron chi connectivity index (χ1n) is 12.3. The van der Waals surface area contributed by atoms with Crippen LogP contribution in [-0.4, -0.2) is 57.2 Å². The van der Waals surface area contributed by atoms with Crippen LogP contribution in [0.25, 0.3) is 0 Å². The zero-order valence-corrected chi connectivity index (χ0v) is 21.8. The molecule has 10 heteroatoms. The van der Waals surface area contributed by atoms with Gasteiger partial charge in [0.05, 0.1) is 19.8 Å². The van der Waals surface area contributed by atoms with Crippen LogP contribution in [0.1, 0.15) is 61.3 Å². The van der Waals surface area contributed by atoms with Crippen LogP contribution in [0, 0.1) is 0 Å². The van der Waals surface area contributed by atoms with E-state index in [4.69, 9.17) is 14.6 Å². The molecular formula is C26H40N2O7S. The van der Waals surface area contributed by atoms with E-state index in [0.29, 0.717) is 24.3 Å². The van der Waals surface area contributed by atoms with Gasteiger partial charge in [0, 0.05) is 25.3 Å². The van der Waals surface area contributed by atoms with Crippen LogP contribution in [0.3, 0.4) is 0 Å². The number of rotatable bonds is 18. The summed E-state index contributed by atoms with van der Waals surface area (Å²) in [6.07, 6.45) is 5.98. The molecule has 2 aromatic carbocycles. The summed E-state index contributed by atoms with van der Waals surface area (Å²) >= 11 is 0. The summed E-state index contributed by atoms with van der Waals surface area (Å²) in [4.78, 5) is 0.0131. The molecule has 0 spiro atoms. The molecule has 0 aliphatic carbocycles. The summed E-state index contributed by atoms with van der Waals surface area (Å²) in [5.41, 5.74) is 1.97. The molecule has 0 radical (unpaired) electrons. The van der Waals surface area contributed by atoms with Crippen molar-refractivity contribution < 1.29 is 33.2 Å². The van der Waals surface area contributed by atoms with Gasteiger partial charge in [-0.15, -0.1) is 0 Å². The lowest BCUT2D eigenvalue weighted by atomic mass is 10.1. The number of aryl methyl sites for hydroxylation is 1. The summed E-state index contributed by atoms with van der Waals surface area (Å²) in [6.45, 7) is 2.35. The average molecular weight is 525 g/mol. The summed E-state index contributed by atoms with van der Waals surface area (Å²) in [6, 6.07) is 9.82. The van der Waals surface area contributed by atoms with Gasteiger partial charge in [-0.2, -0.15) is 0 Å². The van der Waals surface area contributed by atoms with Crippen LogP contribution in [0.2, 0.25) is 0 Å². The highest BCUT2D eigenvalue weighted by molar-refractivity contribution is 7.89. The maximum Gasteiger partial charge on any atom is 0.241 e. The van der Waals surface area contributed by atoms with Crippen molar-refractivity contribution in [3.05, 3.63) is 53.1 Å². The molecule has 2 rings (SSSR count). The van der Waals surface area contributed by atoms with Crippen molar-refractivity contribution >= 4 is 10.0 Å². The SMILES string of the molecule is COc1ccc(CCCCOCCCCCCNC[C@H](O)c2ccc(O)c(CO)c2)cc1S(N)(=O)=O. The molecule has 6 N–H and O–H groups in total. The number of benzene rings is 2. The number of nitrogens with one attached hydrogen (secondary N) is 1. The lowest BCUT2D eigenvalue weighted by molar-refractivity contribution is 0.126. The van der Waals surface area contributed by atoms with E-state index in [2.05, 4.69) is 5.32 Å². The van der Waals surface area contributed by atoms with E-state index in [9.17, 15) is 23.7 Å². The number of aromatic hydroxyl groups is 1. The van der Waals surface area contributed by atoms with Crippen LogP contribution in [0.15, 0.2) is 41.3 Å². The summed E-state index contributed by atoms with van der Waals surface area (Å²) in [5, 5.41) is 37.6. The van der Waals surface area contributed by atoms with E-state index in [-0.39, 0.29) is 23.0 Å². The lowest BCUT2D eigenvalue weighted by Crippen LogP contribution is -2.22. The van der Waals surface area contributed by atoms with Gasteiger partial charge in [0.25, 0.3) is 0 Å². The van der Waals surface area contributed by atoms with Gasteiger partial charge in [0.15, 0.2) is 0 Å². The van der Waals surface area contributed by atoms with E-state index in [1.165, 1.54) is 13.2 Å². The highest BCUT2D eigenvalue weighted by Crippen LogP contribution is 2.24. The highest BCUT2D eigenvalue weighted by atomic mass is 32.2. The number of hydrogen-bond acceptors (Lipinski definition) is 8. The molecular weight excluding hydrogens is 484 g/mol. The van der Waals surface area contributed by atoms with Gasteiger partial charge in [0.1, 0.15) is 16.4 Å². The van der Waals surface area contributed by atoms with E-state index in [1.54, 1.807) is 24.3 Å². The Morgan fingerprint density at radius 3 is 2.42 bits per heavy atom. The van der Waals surface area contributed by atoms with Crippen molar-refractivity contribution in [1.82, 2.24) is 5.32 Å². The summed E-state index contributed by atoms with van der Waals surface area (Å²) < 4.78 is 34.2. The predicted octanol–water partition coefficient (Wildman–Crippen LogP) is 2.76. The summed E-state index contributed by atoms with van der Waals surface area (Å²) in [7, 11) is -2.41. The number of phenols is 1. The summed E-state index contributed by atoms with van der Waals surface area (Å²) in [5.74, 6) is 0.282. The molecule has 0 bridgehead atoms. The topological polar surface area (TPSA) is 151 Å². The van der Waals surface area contributed by atoms with Crippen LogP contribution >= 0.6 is 0 Å². The molecule has 0 aliphatic heterocycles. The molecule has 1 atom stereocenters. The number of hydrogen-bond donors (Lipinski definition) is 5. The zero-order chi connectivity index (χ0) is 26.4. The van der Waals surface area contributed by atoms with Gasteiger partial charge >= 0.3 is 0 Å². The fraction of sp³-hybridized carbons (Fsp3) is 0.538. The standard InChI is InChI=1S/C26H40N2O7S/c1-34-25-12-9-20(16-26(25)36(27,32)33)8-4-7-15-35-14-6-3-2-5-13-28-18-24(31)21-10-11-23(30)22(17-21)19-29/h9-12,16-17,24,28-31H,2-8,13-15,18-19H2,1H3,(H2,27,32,33)/t24-/m0/s1. The van der Waals surface area contributed by atoms with Gasteiger partial charge in [-0.3, -0.25) is 0 Å². The van der Waals surface area contributed by atoms with Gasteiger partial charge in [-0.05, 0) is 74.0 Å². The second-order valence-corrected chi connectivity index (χ2v) is 10.3. The molecule has 2 aromatic rings. The van der Waals surface area contributed by atoms with E-state index >= 15 is 0 Å². The monoisotopic (exact) mass is 524 g/mol. The van der Waals surface area contributed by atoms with E-state index < -0.39 is 16.1 Å². The first-order chi connectivity index (χ1) is 17.3. The van der Waals surface area contributed by atoms with Gasteiger partial charge in [-0.25, -0.2) is 13.6 Å². The Labute approximate surface area is 214 Å². The van der Waals surface area contributed by atoms with Crippen molar-refractivity contribution in [2.24, 2.45) is 5.14 Å². The molecule has 0 saturated heterocycles. The number of aliphatic hydroxyl groups is 2. The van der Waals surface area contributed by atoms with Crippen molar-refractivity contribution in [1.29, 1.82) is 0 Å². The second kappa shape index (κ2) is 15.8. The molecule has 0 saturated carbocycles. The fourth-order valence-electron chi connectivity index (χ4n) is 3.84. The number of sulfonamides is 1. The highest BCUT2D eigenvalue weighted by Gasteiger charge is 2.15. The first kappa shape index (κ1) is 30.0. The number of primary sulfonamides is 1. The van der Waals surface area contributed by atoms with Gasteiger partial charge < -0.3 is 30.1 Å². The minimum Gasteiger partial charge on any atom is -0.508 e. The third kappa shape index (κ3) is 10.4. The molecule has 0 aromatic heterocycles. The Morgan fingerprint density at radius 2 is 1.72 bits per heavy atom. The van der Waals surface area contributed by atoms with Crippen LogP contribution in [-0.2, 0) is 27.8 Å². The van der Waals surface area contributed by atoms with Crippen molar-refractivity contribution in [3.63, 3.8) is 0 Å². The second-order valence-electron chi connectivity index (χ2n) is 8.78. The minimum absolute atomic E-state index is 0.0131. The maximum atomic E-state index is 11.7. The number of methoxy groups -OCH3 is 1. The van der Waals surface area contributed by atoms with Crippen molar-refractivity contribution in [2.75, 3.05) is 33.4 Å². The van der Waals surface area contributed by atoms with Crippen LogP contribution in [0.4, 0.5) is 0 Å². The molecule has 0 heterocycles. The Bertz CT molecular complexity index is 1030. The quantitative estimate of drug-likeness (QED) is 0.187. The van der Waals surface area contributed by atoms with Crippen LogP contribution in [0.5, 0.6) is 11.5 Å². The molecule has 36 heavy (non-hydrogen) atoms. The third-order valence-corrected chi connectivity index (χ3v) is 6.86. The smallest absolute Gasteiger partial charge is 0.241 e. The number of unbranched alkanes of at least 4 members (excludes halogenated alkanes) is 4. The van der Waals surface area contributed by atoms with Crippen LogP contribution < -0.4 is 15.2 Å². The Balaban J connectivity index is 1.47. The molecule has 0 fully saturated rings. The largest absolute Gasteiger partial charge is 0.508 e. The number of aliphatic hydroxyl groups excluding tert-OH is 2. The molecule has 0 unspecified atom stereocenters. The Morgan fingerprint density at radius 1 is 1.00 bits per heavy atom. The first-order valence-corrected chi connectivity index (χ1v) is 13.9. The van der Waals surface area contributed by atoms with E-state index in [1.807, 2.05) is 6.07 Å². The minimum atomic E-state index is -3.82. The third-order valence-electron chi connectivity index (χ3n) is 5.93. The number of nitrogens with two attached hydrogens (primary N) is 1. The number of ether oxygens (including phenoxy) is 2. The average Bonchev–Trinajstić information content (AvgIpc) is 2.86. The lowest BCUT2D eigenvalue weighted by Gasteiger charge is -2.14. The zero-order valence-electron chi connectivity index (χ0n) is 21.0. The van der Waals surface area contributed by atoms with Gasteiger partial charge in [-0.1, -0.05) is 25.0 Å². The predicted molar refractivity (Wildman–Crippen MR) is 138 cm³/mol.